The van der Waals surface area contributed by atoms with Crippen LogP contribution in [0, 0.1) is 0 Å². The lowest BCUT2D eigenvalue weighted by atomic mass is 10.0. The molecule has 0 aliphatic carbocycles. The third-order valence-electron chi connectivity index (χ3n) is 10.3. The lowest BCUT2D eigenvalue weighted by molar-refractivity contribution is -0.870. The largest absolute Gasteiger partial charge is 0.472 e. The summed E-state index contributed by atoms with van der Waals surface area (Å²) in [6.45, 7) is 5.66. The highest BCUT2D eigenvalue weighted by Crippen LogP contribution is 2.43. The number of quaternary nitrogens is 1. The summed E-state index contributed by atoms with van der Waals surface area (Å²) in [4.78, 5) is 22.9. The highest BCUT2D eigenvalue weighted by atomic mass is 31.2. The van der Waals surface area contributed by atoms with E-state index in [1.165, 1.54) is 161 Å². The molecule has 9 heteroatoms. The summed E-state index contributed by atoms with van der Waals surface area (Å²) in [5.74, 6) is -0.317. The van der Waals surface area contributed by atoms with Crippen LogP contribution in [-0.4, -0.2) is 75.6 Å². The van der Waals surface area contributed by atoms with E-state index >= 15 is 0 Å². The Hall–Kier alpha value is -0.760. The van der Waals surface area contributed by atoms with Crippen LogP contribution in [0.25, 0.3) is 0 Å². The fourth-order valence-electron chi connectivity index (χ4n) is 6.67. The van der Waals surface area contributed by atoms with Crippen molar-refractivity contribution < 1.29 is 37.3 Å². The topological polar surface area (TPSA) is 91.3 Å². The van der Waals surface area contributed by atoms with Gasteiger partial charge in [0.15, 0.2) is 0 Å². The minimum atomic E-state index is -4.27. The van der Waals surface area contributed by atoms with Crippen molar-refractivity contribution in [1.29, 1.82) is 0 Å². The van der Waals surface area contributed by atoms with Crippen LogP contribution in [0.1, 0.15) is 219 Å². The van der Waals surface area contributed by atoms with Gasteiger partial charge in [0.05, 0.1) is 34.4 Å². The van der Waals surface area contributed by atoms with Gasteiger partial charge in [0.1, 0.15) is 19.3 Å². The summed E-state index contributed by atoms with van der Waals surface area (Å²) >= 11 is 0. The van der Waals surface area contributed by atoms with Crippen molar-refractivity contribution in [2.45, 2.75) is 225 Å². The highest BCUT2D eigenvalue weighted by Gasteiger charge is 2.26. The van der Waals surface area contributed by atoms with Crippen LogP contribution in [-0.2, 0) is 27.9 Å². The number of allylic oxidation sites excluding steroid dienone is 2. The summed E-state index contributed by atoms with van der Waals surface area (Å²) < 4.78 is 35.1. The molecule has 0 aromatic rings. The second-order valence-corrected chi connectivity index (χ2v) is 18.6. The van der Waals surface area contributed by atoms with E-state index in [4.69, 9.17) is 18.5 Å². The number of carbonyl (C=O) groups excluding carboxylic acids is 1. The van der Waals surface area contributed by atoms with Gasteiger partial charge in [0, 0.05) is 13.0 Å². The summed E-state index contributed by atoms with van der Waals surface area (Å²) in [6, 6.07) is 0. The molecule has 0 aromatic heterocycles. The Bertz CT molecular complexity index is 894. The molecule has 0 rings (SSSR count). The maximum absolute atomic E-state index is 12.7. The monoisotopic (exact) mass is 803 g/mol. The number of hydrogen-bond donors (Lipinski definition) is 1. The maximum Gasteiger partial charge on any atom is 0.472 e. The van der Waals surface area contributed by atoms with Gasteiger partial charge >= 0.3 is 13.8 Å². The summed E-state index contributed by atoms with van der Waals surface area (Å²) in [7, 11) is 1.67. The third-order valence-corrected chi connectivity index (χ3v) is 11.3. The van der Waals surface area contributed by atoms with Crippen molar-refractivity contribution in [3.05, 3.63) is 12.2 Å². The Morgan fingerprint density at radius 1 is 0.545 bits per heavy atom. The van der Waals surface area contributed by atoms with E-state index in [1.54, 1.807) is 0 Å². The highest BCUT2D eigenvalue weighted by molar-refractivity contribution is 7.47. The molecule has 0 aliphatic rings. The number of unbranched alkanes of at least 4 members (excludes halogenated alkanes) is 28. The molecule has 0 bridgehead atoms. The molecule has 0 heterocycles. The predicted molar refractivity (Wildman–Crippen MR) is 234 cm³/mol. The van der Waals surface area contributed by atoms with E-state index in [2.05, 4.69) is 26.0 Å². The SMILES string of the molecule is CCCCCCCCCC/C=C\CCCCCCCC(=O)O[C@H](COCCCCCCCCCCCCCCCCCC)COP(=O)(O)OCC[N+](C)(C)C. The van der Waals surface area contributed by atoms with Crippen molar-refractivity contribution in [1.82, 2.24) is 0 Å². The van der Waals surface area contributed by atoms with Crippen LogP contribution in [0.4, 0.5) is 0 Å². The second kappa shape index (κ2) is 40.0. The van der Waals surface area contributed by atoms with E-state index in [-0.39, 0.29) is 25.8 Å². The van der Waals surface area contributed by atoms with E-state index < -0.39 is 13.9 Å². The fourth-order valence-corrected chi connectivity index (χ4v) is 7.41. The number of rotatable bonds is 44. The quantitative estimate of drug-likeness (QED) is 0.0216. The van der Waals surface area contributed by atoms with E-state index in [9.17, 15) is 14.3 Å². The van der Waals surface area contributed by atoms with E-state index in [0.29, 0.717) is 24.1 Å². The summed E-state index contributed by atoms with van der Waals surface area (Å²) in [5.41, 5.74) is 0. The maximum atomic E-state index is 12.7. The smallest absolute Gasteiger partial charge is 0.457 e. The molecule has 0 spiro atoms. The van der Waals surface area contributed by atoms with Gasteiger partial charge in [-0.25, -0.2) is 4.57 Å². The molecule has 0 radical (unpaired) electrons. The van der Waals surface area contributed by atoms with Gasteiger partial charge in [0.25, 0.3) is 0 Å². The molecule has 8 nitrogen and oxygen atoms in total. The predicted octanol–water partition coefficient (Wildman–Crippen LogP) is 13.8. The first-order chi connectivity index (χ1) is 26.6. The molecule has 0 fully saturated rings. The number of phosphoric ester groups is 1. The van der Waals surface area contributed by atoms with Crippen molar-refractivity contribution in [2.75, 3.05) is 54.1 Å². The summed E-state index contributed by atoms with van der Waals surface area (Å²) in [6.07, 6.45) is 43.8. The van der Waals surface area contributed by atoms with Crippen LogP contribution >= 0.6 is 7.82 Å². The molecule has 0 aliphatic heterocycles. The molecule has 0 amide bonds. The van der Waals surface area contributed by atoms with Crippen molar-refractivity contribution in [3.63, 3.8) is 0 Å². The lowest BCUT2D eigenvalue weighted by Crippen LogP contribution is -2.37. The van der Waals surface area contributed by atoms with Crippen molar-refractivity contribution >= 4 is 13.8 Å². The molecule has 1 N–H and O–H groups in total. The zero-order chi connectivity index (χ0) is 40.6. The van der Waals surface area contributed by atoms with Gasteiger partial charge in [-0.05, 0) is 38.5 Å². The first kappa shape index (κ1) is 54.2. The zero-order valence-electron chi connectivity index (χ0n) is 37.2. The third kappa shape index (κ3) is 44.2. The van der Waals surface area contributed by atoms with Gasteiger partial charge in [0.2, 0.25) is 0 Å². The zero-order valence-corrected chi connectivity index (χ0v) is 38.1. The Morgan fingerprint density at radius 3 is 1.38 bits per heavy atom. The molecular formula is C46H93NO7P+. The number of esters is 1. The number of likely N-dealkylation sites (N-methyl/N-ethyl adjacent to an activating group) is 1. The minimum Gasteiger partial charge on any atom is -0.457 e. The van der Waals surface area contributed by atoms with Gasteiger partial charge in [-0.1, -0.05) is 187 Å². The van der Waals surface area contributed by atoms with Crippen LogP contribution < -0.4 is 0 Å². The van der Waals surface area contributed by atoms with Crippen LogP contribution in [0.3, 0.4) is 0 Å². The van der Waals surface area contributed by atoms with Gasteiger partial charge in [-0.2, -0.15) is 0 Å². The van der Waals surface area contributed by atoms with E-state index in [0.717, 1.165) is 38.5 Å². The normalized spacial score (nSPS) is 13.8. The lowest BCUT2D eigenvalue weighted by Gasteiger charge is -2.24. The fraction of sp³-hybridized carbons (Fsp3) is 0.935. The number of carbonyl (C=O) groups is 1. The minimum absolute atomic E-state index is 0.0904. The molecule has 0 saturated carbocycles. The van der Waals surface area contributed by atoms with Crippen LogP contribution in [0.15, 0.2) is 12.2 Å². The van der Waals surface area contributed by atoms with Crippen LogP contribution in [0.2, 0.25) is 0 Å². The molecule has 55 heavy (non-hydrogen) atoms. The van der Waals surface area contributed by atoms with Gasteiger partial charge in [-0.3, -0.25) is 13.8 Å². The molecular weight excluding hydrogens is 709 g/mol. The van der Waals surface area contributed by atoms with Gasteiger partial charge < -0.3 is 18.9 Å². The van der Waals surface area contributed by atoms with Crippen molar-refractivity contribution in [2.24, 2.45) is 0 Å². The Balaban J connectivity index is 4.18. The molecule has 1 unspecified atom stereocenters. The molecule has 2 atom stereocenters. The first-order valence-corrected chi connectivity index (χ1v) is 24.9. The number of phosphoric acid groups is 1. The number of nitrogens with zero attached hydrogens (tertiary/aromatic N) is 1. The van der Waals surface area contributed by atoms with Crippen LogP contribution in [0.5, 0.6) is 0 Å². The van der Waals surface area contributed by atoms with Crippen molar-refractivity contribution in [3.8, 4) is 0 Å². The summed E-state index contributed by atoms with van der Waals surface area (Å²) in [5, 5.41) is 0. The molecule has 0 aromatic carbocycles. The second-order valence-electron chi connectivity index (χ2n) is 17.1. The molecule has 328 valence electrons. The Kier molecular flexibility index (Phi) is 39.5. The molecule has 0 saturated heterocycles. The average Bonchev–Trinajstić information content (AvgIpc) is 3.13. The average molecular weight is 803 g/mol. The number of ether oxygens (including phenoxy) is 2. The Labute approximate surface area is 341 Å². The standard InChI is InChI=1S/C46H92NO7P/c1-6-8-10-12-14-16-18-20-22-24-25-27-29-31-33-35-37-39-46(48)54-45(44-53-55(49,50)52-42-40-47(3,4)5)43-51-41-38-36-34-32-30-28-26-23-21-19-17-15-13-11-9-7-2/h24-25,45H,6-23,26-44H2,1-5H3/p+1/b25-24-/t45-/m1/s1. The first-order valence-electron chi connectivity index (χ1n) is 23.4. The number of hydrogen-bond acceptors (Lipinski definition) is 6. The Morgan fingerprint density at radius 2 is 0.945 bits per heavy atom. The van der Waals surface area contributed by atoms with Gasteiger partial charge in [-0.15, -0.1) is 0 Å². The van der Waals surface area contributed by atoms with E-state index in [1.807, 2.05) is 21.1 Å².